The molecule has 0 amide bonds. The number of benzene rings is 2. The minimum absolute atomic E-state index is 0.249. The number of nitrogens with zero attached hydrogens (tertiary/aromatic N) is 1. The number of carbonyl (C=O) groups is 1. The molecule has 0 heterocycles. The van der Waals surface area contributed by atoms with Gasteiger partial charge in [0.15, 0.2) is 0 Å². The van der Waals surface area contributed by atoms with E-state index in [1.54, 1.807) is 24.3 Å². The second-order valence-corrected chi connectivity index (χ2v) is 3.61. The monoisotopic (exact) mass is 258 g/mol. The van der Waals surface area contributed by atoms with E-state index < -0.39 is 6.16 Å². The fourth-order valence-electron chi connectivity index (χ4n) is 1.32. The van der Waals surface area contributed by atoms with Crippen LogP contribution in [0.5, 0.6) is 11.5 Å². The summed E-state index contributed by atoms with van der Waals surface area (Å²) >= 11 is 0. The van der Waals surface area contributed by atoms with Crippen molar-refractivity contribution in [3.63, 3.8) is 0 Å². The van der Waals surface area contributed by atoms with Crippen LogP contribution in [0, 0.1) is 4.91 Å². The van der Waals surface area contributed by atoms with Gasteiger partial charge < -0.3 is 15.2 Å². The highest BCUT2D eigenvalue weighted by Gasteiger charge is 2.07. The lowest BCUT2D eigenvalue weighted by molar-refractivity contribution is 0.152. The van der Waals surface area contributed by atoms with Crippen LogP contribution in [0.15, 0.2) is 53.7 Å². The zero-order chi connectivity index (χ0) is 13.7. The molecule has 19 heavy (non-hydrogen) atoms. The summed E-state index contributed by atoms with van der Waals surface area (Å²) in [6, 6.07) is 12.1. The van der Waals surface area contributed by atoms with E-state index in [0.29, 0.717) is 11.4 Å². The Labute approximate surface area is 108 Å². The normalized spacial score (nSPS) is 9.68. The van der Waals surface area contributed by atoms with Crippen molar-refractivity contribution in [1.29, 1.82) is 0 Å². The summed E-state index contributed by atoms with van der Waals surface area (Å²) in [4.78, 5) is 21.7. The predicted molar refractivity (Wildman–Crippen MR) is 69.4 cm³/mol. The van der Waals surface area contributed by atoms with Gasteiger partial charge in [0.25, 0.3) is 0 Å². The Morgan fingerprint density at radius 3 is 1.84 bits per heavy atom. The lowest BCUT2D eigenvalue weighted by Gasteiger charge is -2.05. The van der Waals surface area contributed by atoms with E-state index in [4.69, 9.17) is 15.2 Å². The number of hydrogen-bond acceptors (Lipinski definition) is 6. The van der Waals surface area contributed by atoms with Gasteiger partial charge in [0, 0.05) is 5.69 Å². The molecular formula is C13H10N2O4. The molecule has 6 heteroatoms. The van der Waals surface area contributed by atoms with Crippen molar-refractivity contribution in [3.8, 4) is 11.5 Å². The fraction of sp³-hybridized carbons (Fsp3) is 0. The zero-order valence-corrected chi connectivity index (χ0v) is 9.78. The van der Waals surface area contributed by atoms with Crippen molar-refractivity contribution in [2.24, 2.45) is 5.18 Å². The van der Waals surface area contributed by atoms with Crippen LogP contribution in [-0.4, -0.2) is 6.16 Å². The first-order valence-corrected chi connectivity index (χ1v) is 5.36. The molecule has 96 valence electrons. The Bertz CT molecular complexity index is 579. The first kappa shape index (κ1) is 12.6. The largest absolute Gasteiger partial charge is 0.519 e. The van der Waals surface area contributed by atoms with Gasteiger partial charge in [-0.15, -0.1) is 4.91 Å². The third kappa shape index (κ3) is 3.53. The molecule has 0 spiro atoms. The van der Waals surface area contributed by atoms with Crippen molar-refractivity contribution in [3.05, 3.63) is 53.4 Å². The molecule has 0 aromatic heterocycles. The first-order valence-electron chi connectivity index (χ1n) is 5.36. The van der Waals surface area contributed by atoms with E-state index in [0.717, 1.165) is 0 Å². The summed E-state index contributed by atoms with van der Waals surface area (Å²) in [6.45, 7) is 0. The first-order chi connectivity index (χ1) is 9.17. The Kier molecular flexibility index (Phi) is 3.72. The van der Waals surface area contributed by atoms with Gasteiger partial charge in [-0.3, -0.25) is 0 Å². The Morgan fingerprint density at radius 1 is 0.895 bits per heavy atom. The fourth-order valence-corrected chi connectivity index (χ4v) is 1.32. The van der Waals surface area contributed by atoms with Crippen molar-refractivity contribution in [2.45, 2.75) is 0 Å². The summed E-state index contributed by atoms with van der Waals surface area (Å²) in [7, 11) is 0. The van der Waals surface area contributed by atoms with Gasteiger partial charge in [-0.2, -0.15) is 0 Å². The number of nitrogens with two attached hydrogens (primary N) is 1. The maximum Gasteiger partial charge on any atom is 0.519 e. The van der Waals surface area contributed by atoms with Crippen molar-refractivity contribution in [2.75, 3.05) is 5.73 Å². The molecule has 2 N–H and O–H groups in total. The molecule has 0 aliphatic rings. The quantitative estimate of drug-likeness (QED) is 0.395. The van der Waals surface area contributed by atoms with Gasteiger partial charge in [-0.05, 0) is 53.7 Å². The second kappa shape index (κ2) is 5.63. The van der Waals surface area contributed by atoms with Gasteiger partial charge in [-0.1, -0.05) is 0 Å². The minimum Gasteiger partial charge on any atom is -0.399 e. The molecular weight excluding hydrogens is 248 g/mol. The summed E-state index contributed by atoms with van der Waals surface area (Å²) in [5.41, 5.74) is 6.32. The maximum absolute atomic E-state index is 11.5. The highest BCUT2D eigenvalue weighted by atomic mass is 16.7. The Balaban J connectivity index is 1.96. The highest BCUT2D eigenvalue weighted by molar-refractivity contribution is 5.67. The van der Waals surface area contributed by atoms with E-state index in [2.05, 4.69) is 5.18 Å². The number of nitrogen functional groups attached to an aromatic ring is 1. The third-order valence-corrected chi connectivity index (χ3v) is 2.22. The molecule has 2 rings (SSSR count). The van der Waals surface area contributed by atoms with Crippen LogP contribution in [0.2, 0.25) is 0 Å². The number of anilines is 1. The van der Waals surface area contributed by atoms with E-state index >= 15 is 0 Å². The highest BCUT2D eigenvalue weighted by Crippen LogP contribution is 2.19. The van der Waals surface area contributed by atoms with Crippen LogP contribution in [0.25, 0.3) is 0 Å². The summed E-state index contributed by atoms with van der Waals surface area (Å²) in [5.74, 6) is 0.582. The van der Waals surface area contributed by atoms with Crippen molar-refractivity contribution in [1.82, 2.24) is 0 Å². The number of hydrogen-bond donors (Lipinski definition) is 1. The van der Waals surface area contributed by atoms with Crippen LogP contribution in [-0.2, 0) is 0 Å². The molecule has 2 aromatic rings. The van der Waals surface area contributed by atoms with E-state index in [1.807, 2.05) is 0 Å². The number of nitroso groups, excluding NO2 is 1. The molecule has 6 nitrogen and oxygen atoms in total. The van der Waals surface area contributed by atoms with Crippen LogP contribution >= 0.6 is 0 Å². The van der Waals surface area contributed by atoms with Crippen LogP contribution in [0.4, 0.5) is 16.2 Å². The van der Waals surface area contributed by atoms with Gasteiger partial charge in [0.1, 0.15) is 17.2 Å². The molecule has 0 atom stereocenters. The van der Waals surface area contributed by atoms with Crippen molar-refractivity contribution >= 4 is 17.5 Å². The van der Waals surface area contributed by atoms with Crippen LogP contribution in [0.1, 0.15) is 0 Å². The van der Waals surface area contributed by atoms with Crippen molar-refractivity contribution < 1.29 is 14.3 Å². The molecule has 0 saturated heterocycles. The average molecular weight is 258 g/mol. The van der Waals surface area contributed by atoms with Gasteiger partial charge >= 0.3 is 6.16 Å². The molecule has 0 unspecified atom stereocenters. The number of carbonyl (C=O) groups excluding carboxylic acids is 1. The summed E-state index contributed by atoms with van der Waals surface area (Å²) in [5, 5.41) is 2.73. The molecule has 0 radical (unpaired) electrons. The molecule has 0 fully saturated rings. The summed E-state index contributed by atoms with van der Waals surface area (Å²) < 4.78 is 9.84. The number of ether oxygens (including phenoxy) is 2. The average Bonchev–Trinajstić information content (AvgIpc) is 2.42. The minimum atomic E-state index is -0.878. The molecule has 0 aliphatic heterocycles. The predicted octanol–water partition coefficient (Wildman–Crippen LogP) is 3.24. The molecule has 0 bridgehead atoms. The Morgan fingerprint density at radius 2 is 1.37 bits per heavy atom. The van der Waals surface area contributed by atoms with Gasteiger partial charge in [0.2, 0.25) is 0 Å². The number of rotatable bonds is 3. The topological polar surface area (TPSA) is 91.0 Å². The van der Waals surface area contributed by atoms with E-state index in [9.17, 15) is 9.70 Å². The van der Waals surface area contributed by atoms with Crippen LogP contribution in [0.3, 0.4) is 0 Å². The molecule has 0 saturated carbocycles. The van der Waals surface area contributed by atoms with Gasteiger partial charge in [-0.25, -0.2) is 4.79 Å². The van der Waals surface area contributed by atoms with Gasteiger partial charge in [0.05, 0.1) is 0 Å². The SMILES string of the molecule is Nc1ccc(OC(=O)Oc2ccc(N=O)cc2)cc1. The molecule has 0 aliphatic carbocycles. The Hall–Kier alpha value is -2.89. The second-order valence-electron chi connectivity index (χ2n) is 3.61. The zero-order valence-electron chi connectivity index (χ0n) is 9.78. The van der Waals surface area contributed by atoms with E-state index in [-0.39, 0.29) is 11.4 Å². The lowest BCUT2D eigenvalue weighted by atomic mass is 10.3. The third-order valence-electron chi connectivity index (χ3n) is 2.22. The van der Waals surface area contributed by atoms with E-state index in [1.165, 1.54) is 24.3 Å². The molecule has 2 aromatic carbocycles. The smallest absolute Gasteiger partial charge is 0.399 e. The summed E-state index contributed by atoms with van der Waals surface area (Å²) in [6.07, 6.45) is -0.878. The lowest BCUT2D eigenvalue weighted by Crippen LogP contribution is -2.13. The maximum atomic E-state index is 11.5. The van der Waals surface area contributed by atoms with Crippen LogP contribution < -0.4 is 15.2 Å². The standard InChI is InChI=1S/C13H10N2O4/c14-9-1-5-11(6-2-9)18-13(16)19-12-7-3-10(15-17)4-8-12/h1-8H,14H2.